The molecule has 20 heavy (non-hydrogen) atoms. The fraction of sp³-hybridized carbons (Fsp3) is 0.688. The van der Waals surface area contributed by atoms with Crippen LogP contribution in [0.25, 0.3) is 0 Å². The molecule has 0 aliphatic carbocycles. The third kappa shape index (κ3) is 2.54. The molecule has 2 N–H and O–H groups in total. The van der Waals surface area contributed by atoms with Gasteiger partial charge in [0.25, 0.3) is 0 Å². The first-order valence-electron chi connectivity index (χ1n) is 7.87. The summed E-state index contributed by atoms with van der Waals surface area (Å²) in [5.41, 5.74) is 8.29. The van der Waals surface area contributed by atoms with Crippen molar-refractivity contribution in [2.45, 2.75) is 50.7 Å². The quantitative estimate of drug-likeness (QED) is 0.917. The normalized spacial score (nSPS) is 28.4. The summed E-state index contributed by atoms with van der Waals surface area (Å²) in [4.78, 5) is 9.63. The Kier molecular flexibility index (Phi) is 3.94. The number of hydrogen-bond acceptors (Lipinski definition) is 4. The van der Waals surface area contributed by atoms with E-state index in [9.17, 15) is 0 Å². The Bertz CT molecular complexity index is 444. The SMILES string of the molecule is CC[C@H](N)c1ccc(N2CCC3CCC(C2)N3C)cn1. The van der Waals surface area contributed by atoms with Crippen molar-refractivity contribution in [3.05, 3.63) is 24.0 Å². The van der Waals surface area contributed by atoms with Crippen LogP contribution in [0.2, 0.25) is 0 Å². The van der Waals surface area contributed by atoms with Gasteiger partial charge < -0.3 is 10.6 Å². The molecule has 4 nitrogen and oxygen atoms in total. The van der Waals surface area contributed by atoms with Gasteiger partial charge in [-0.05, 0) is 44.9 Å². The Hall–Kier alpha value is -1.13. The van der Waals surface area contributed by atoms with Crippen LogP contribution in [0.5, 0.6) is 0 Å². The van der Waals surface area contributed by atoms with E-state index < -0.39 is 0 Å². The molecule has 3 heterocycles. The zero-order chi connectivity index (χ0) is 14.1. The van der Waals surface area contributed by atoms with Crippen LogP contribution >= 0.6 is 0 Å². The number of nitrogens with two attached hydrogens (primary N) is 1. The van der Waals surface area contributed by atoms with E-state index in [4.69, 9.17) is 5.73 Å². The molecule has 2 aliphatic heterocycles. The highest BCUT2D eigenvalue weighted by atomic mass is 15.3. The van der Waals surface area contributed by atoms with Crippen molar-refractivity contribution < 1.29 is 0 Å². The van der Waals surface area contributed by atoms with Crippen molar-refractivity contribution in [3.63, 3.8) is 0 Å². The molecule has 2 saturated heterocycles. The van der Waals surface area contributed by atoms with Crippen molar-refractivity contribution in [2.24, 2.45) is 5.73 Å². The first kappa shape index (κ1) is 13.8. The Morgan fingerprint density at radius 1 is 1.30 bits per heavy atom. The summed E-state index contributed by atoms with van der Waals surface area (Å²) in [5, 5.41) is 0. The van der Waals surface area contributed by atoms with Gasteiger partial charge in [0.2, 0.25) is 0 Å². The second-order valence-electron chi connectivity index (χ2n) is 6.24. The molecule has 1 aromatic heterocycles. The van der Waals surface area contributed by atoms with E-state index in [0.29, 0.717) is 6.04 Å². The molecule has 0 saturated carbocycles. The molecule has 0 amide bonds. The molecular weight excluding hydrogens is 248 g/mol. The Labute approximate surface area is 122 Å². The van der Waals surface area contributed by atoms with Crippen molar-refractivity contribution in [3.8, 4) is 0 Å². The van der Waals surface area contributed by atoms with E-state index in [1.807, 2.05) is 6.20 Å². The average Bonchev–Trinajstić information content (AvgIpc) is 2.72. The molecule has 2 bridgehead atoms. The van der Waals surface area contributed by atoms with Gasteiger partial charge in [0.1, 0.15) is 0 Å². The number of hydrogen-bond donors (Lipinski definition) is 1. The van der Waals surface area contributed by atoms with E-state index in [1.165, 1.54) is 24.9 Å². The molecule has 4 heteroatoms. The monoisotopic (exact) mass is 274 g/mol. The molecule has 0 aromatic carbocycles. The molecule has 2 fully saturated rings. The Morgan fingerprint density at radius 2 is 2.10 bits per heavy atom. The molecular formula is C16H26N4. The van der Waals surface area contributed by atoms with Gasteiger partial charge in [-0.25, -0.2) is 0 Å². The Balaban J connectivity index is 1.73. The van der Waals surface area contributed by atoms with Gasteiger partial charge >= 0.3 is 0 Å². The molecule has 3 atom stereocenters. The standard InChI is InChI=1S/C16H26N4/c1-3-15(17)16-7-6-13(10-18-16)20-9-8-12-4-5-14(11-20)19(12)2/h6-7,10,12,14-15H,3-5,8-9,11,17H2,1-2H3/t12?,14?,15-/m0/s1. The number of rotatable bonds is 3. The lowest BCUT2D eigenvalue weighted by molar-refractivity contribution is 0.254. The van der Waals surface area contributed by atoms with Crippen LogP contribution in [0.1, 0.15) is 44.3 Å². The van der Waals surface area contributed by atoms with Gasteiger partial charge in [-0.15, -0.1) is 0 Å². The summed E-state index contributed by atoms with van der Waals surface area (Å²) >= 11 is 0. The van der Waals surface area contributed by atoms with Gasteiger partial charge in [-0.2, -0.15) is 0 Å². The third-order valence-corrected chi connectivity index (χ3v) is 5.10. The lowest BCUT2D eigenvalue weighted by Crippen LogP contribution is -2.36. The first-order valence-corrected chi connectivity index (χ1v) is 7.87. The van der Waals surface area contributed by atoms with E-state index in [-0.39, 0.29) is 6.04 Å². The van der Waals surface area contributed by atoms with Crippen LogP contribution in [0.3, 0.4) is 0 Å². The van der Waals surface area contributed by atoms with E-state index >= 15 is 0 Å². The number of likely N-dealkylation sites (N-methyl/N-ethyl adjacent to an activating group) is 1. The summed E-state index contributed by atoms with van der Waals surface area (Å²) < 4.78 is 0. The average molecular weight is 274 g/mol. The molecule has 2 aliphatic rings. The van der Waals surface area contributed by atoms with Crippen molar-refractivity contribution in [2.75, 3.05) is 25.0 Å². The molecule has 110 valence electrons. The first-order chi connectivity index (χ1) is 9.69. The number of pyridine rings is 1. The van der Waals surface area contributed by atoms with Crippen molar-refractivity contribution in [1.82, 2.24) is 9.88 Å². The number of anilines is 1. The van der Waals surface area contributed by atoms with Crippen molar-refractivity contribution in [1.29, 1.82) is 0 Å². The second kappa shape index (κ2) is 5.70. The van der Waals surface area contributed by atoms with Gasteiger partial charge in [0, 0.05) is 31.2 Å². The minimum absolute atomic E-state index is 0.0651. The molecule has 3 rings (SSSR count). The van der Waals surface area contributed by atoms with E-state index in [2.05, 4.69) is 40.9 Å². The number of nitrogens with zero attached hydrogens (tertiary/aromatic N) is 3. The summed E-state index contributed by atoms with van der Waals surface area (Å²) in [6.07, 6.45) is 6.92. The fourth-order valence-corrected chi connectivity index (χ4v) is 3.56. The van der Waals surface area contributed by atoms with Crippen LogP contribution in [-0.4, -0.2) is 42.1 Å². The number of fused-ring (bicyclic) bond motifs is 2. The summed E-state index contributed by atoms with van der Waals surface area (Å²) in [6.45, 7) is 4.38. The minimum Gasteiger partial charge on any atom is -0.369 e. The number of aromatic nitrogens is 1. The zero-order valence-corrected chi connectivity index (χ0v) is 12.6. The molecule has 0 spiro atoms. The minimum atomic E-state index is 0.0651. The highest BCUT2D eigenvalue weighted by Crippen LogP contribution is 2.30. The highest BCUT2D eigenvalue weighted by molar-refractivity contribution is 5.45. The second-order valence-corrected chi connectivity index (χ2v) is 6.24. The van der Waals surface area contributed by atoms with Gasteiger partial charge in [0.15, 0.2) is 0 Å². The third-order valence-electron chi connectivity index (χ3n) is 5.10. The summed E-state index contributed by atoms with van der Waals surface area (Å²) in [5.74, 6) is 0. The van der Waals surface area contributed by atoms with Crippen molar-refractivity contribution >= 4 is 5.69 Å². The van der Waals surface area contributed by atoms with Crippen LogP contribution in [0, 0.1) is 0 Å². The molecule has 0 radical (unpaired) electrons. The van der Waals surface area contributed by atoms with Gasteiger partial charge in [-0.3, -0.25) is 9.88 Å². The zero-order valence-electron chi connectivity index (χ0n) is 12.6. The molecule has 1 aromatic rings. The van der Waals surface area contributed by atoms with E-state index in [1.54, 1.807) is 0 Å². The topological polar surface area (TPSA) is 45.4 Å². The maximum atomic E-state index is 6.03. The van der Waals surface area contributed by atoms with Gasteiger partial charge in [0.05, 0.1) is 17.6 Å². The van der Waals surface area contributed by atoms with Crippen LogP contribution in [0.15, 0.2) is 18.3 Å². The summed E-state index contributed by atoms with van der Waals surface area (Å²) in [6, 6.07) is 5.84. The maximum absolute atomic E-state index is 6.03. The highest BCUT2D eigenvalue weighted by Gasteiger charge is 2.34. The summed E-state index contributed by atoms with van der Waals surface area (Å²) in [7, 11) is 2.29. The fourth-order valence-electron chi connectivity index (χ4n) is 3.56. The van der Waals surface area contributed by atoms with Gasteiger partial charge in [-0.1, -0.05) is 6.92 Å². The predicted molar refractivity (Wildman–Crippen MR) is 82.9 cm³/mol. The lowest BCUT2D eigenvalue weighted by atomic mass is 10.1. The van der Waals surface area contributed by atoms with Crippen LogP contribution in [0.4, 0.5) is 5.69 Å². The lowest BCUT2D eigenvalue weighted by Gasteiger charge is -2.27. The molecule has 2 unspecified atom stereocenters. The largest absolute Gasteiger partial charge is 0.369 e. The maximum Gasteiger partial charge on any atom is 0.0572 e. The Morgan fingerprint density at radius 3 is 2.80 bits per heavy atom. The smallest absolute Gasteiger partial charge is 0.0572 e. The van der Waals surface area contributed by atoms with Crippen LogP contribution < -0.4 is 10.6 Å². The van der Waals surface area contributed by atoms with E-state index in [0.717, 1.165) is 31.2 Å². The van der Waals surface area contributed by atoms with Crippen LogP contribution in [-0.2, 0) is 0 Å². The predicted octanol–water partition coefficient (Wildman–Crippen LogP) is 2.16.